The Balaban J connectivity index is 1.39. The molecule has 2 aromatic carbocycles. The maximum absolute atomic E-state index is 12.8. The SMILES string of the molecule is O=C(Nc1ccc(N2CCOCC2)cc1)c1ccccc1SC[C@H]1CCCO1. The molecule has 2 aliphatic rings. The second kappa shape index (κ2) is 9.45. The van der Waals surface area contributed by atoms with Crippen molar-refractivity contribution < 1.29 is 14.3 Å². The molecule has 4 rings (SSSR count). The van der Waals surface area contributed by atoms with Crippen LogP contribution in [0, 0.1) is 0 Å². The van der Waals surface area contributed by atoms with Gasteiger partial charge in [0.1, 0.15) is 0 Å². The average molecular weight is 399 g/mol. The van der Waals surface area contributed by atoms with Crippen LogP contribution in [0.1, 0.15) is 23.2 Å². The molecule has 1 N–H and O–H groups in total. The van der Waals surface area contributed by atoms with Gasteiger partial charge in [-0.3, -0.25) is 4.79 Å². The van der Waals surface area contributed by atoms with Crippen LogP contribution in [0.25, 0.3) is 0 Å². The van der Waals surface area contributed by atoms with Gasteiger partial charge in [0.05, 0.1) is 24.9 Å². The van der Waals surface area contributed by atoms with Gasteiger partial charge in [0, 0.05) is 41.7 Å². The third-order valence-corrected chi connectivity index (χ3v) is 6.29. The molecule has 2 saturated heterocycles. The maximum Gasteiger partial charge on any atom is 0.256 e. The number of benzene rings is 2. The molecule has 1 atom stereocenters. The van der Waals surface area contributed by atoms with E-state index in [9.17, 15) is 4.79 Å². The number of nitrogens with one attached hydrogen (secondary N) is 1. The molecule has 1 amide bonds. The van der Waals surface area contributed by atoms with Crippen LogP contribution >= 0.6 is 11.8 Å². The van der Waals surface area contributed by atoms with Crippen LogP contribution in [0.2, 0.25) is 0 Å². The molecule has 0 aromatic heterocycles. The largest absolute Gasteiger partial charge is 0.378 e. The van der Waals surface area contributed by atoms with Crippen molar-refractivity contribution in [3.63, 3.8) is 0 Å². The third kappa shape index (κ3) is 4.87. The van der Waals surface area contributed by atoms with Gasteiger partial charge in [0.25, 0.3) is 5.91 Å². The molecule has 0 bridgehead atoms. The highest BCUT2D eigenvalue weighted by Crippen LogP contribution is 2.27. The zero-order valence-electron chi connectivity index (χ0n) is 15.9. The summed E-state index contributed by atoms with van der Waals surface area (Å²) < 4.78 is 11.1. The highest BCUT2D eigenvalue weighted by Gasteiger charge is 2.18. The van der Waals surface area contributed by atoms with Crippen LogP contribution in [0.3, 0.4) is 0 Å². The molecule has 0 aliphatic carbocycles. The summed E-state index contributed by atoms with van der Waals surface area (Å²) in [6.07, 6.45) is 2.54. The molecule has 2 aromatic rings. The number of anilines is 2. The number of hydrogen-bond acceptors (Lipinski definition) is 5. The monoisotopic (exact) mass is 398 g/mol. The summed E-state index contributed by atoms with van der Waals surface area (Å²) in [5.74, 6) is 0.813. The van der Waals surface area contributed by atoms with E-state index < -0.39 is 0 Å². The molecule has 0 unspecified atom stereocenters. The second-order valence-corrected chi connectivity index (χ2v) is 8.10. The molecule has 5 nitrogen and oxygen atoms in total. The van der Waals surface area contributed by atoms with E-state index in [-0.39, 0.29) is 5.91 Å². The van der Waals surface area contributed by atoms with Gasteiger partial charge in [-0.25, -0.2) is 0 Å². The summed E-state index contributed by atoms with van der Waals surface area (Å²) in [6.45, 7) is 4.19. The molecule has 2 fully saturated rings. The van der Waals surface area contributed by atoms with Crippen molar-refractivity contribution in [2.75, 3.05) is 48.9 Å². The van der Waals surface area contributed by atoms with Gasteiger partial charge in [-0.2, -0.15) is 0 Å². The fraction of sp³-hybridized carbons (Fsp3) is 0.409. The molecule has 2 heterocycles. The highest BCUT2D eigenvalue weighted by atomic mass is 32.2. The van der Waals surface area contributed by atoms with Crippen molar-refractivity contribution in [3.8, 4) is 0 Å². The quantitative estimate of drug-likeness (QED) is 0.744. The summed E-state index contributed by atoms with van der Waals surface area (Å²) >= 11 is 1.70. The minimum atomic E-state index is -0.0745. The van der Waals surface area contributed by atoms with Gasteiger partial charge < -0.3 is 19.7 Å². The minimum absolute atomic E-state index is 0.0745. The first-order valence-corrected chi connectivity index (χ1v) is 10.9. The normalized spacial score (nSPS) is 19.6. The van der Waals surface area contributed by atoms with Crippen molar-refractivity contribution >= 4 is 29.0 Å². The van der Waals surface area contributed by atoms with E-state index in [0.29, 0.717) is 11.7 Å². The van der Waals surface area contributed by atoms with E-state index >= 15 is 0 Å². The second-order valence-electron chi connectivity index (χ2n) is 7.04. The minimum Gasteiger partial charge on any atom is -0.378 e. The number of thioether (sulfide) groups is 1. The molecule has 2 aliphatic heterocycles. The predicted molar refractivity (Wildman–Crippen MR) is 114 cm³/mol. The Kier molecular flexibility index (Phi) is 6.52. The van der Waals surface area contributed by atoms with Gasteiger partial charge in [-0.05, 0) is 49.2 Å². The Morgan fingerprint density at radius 1 is 1.07 bits per heavy atom. The Morgan fingerprint density at radius 2 is 1.86 bits per heavy atom. The molecular weight excluding hydrogens is 372 g/mol. The highest BCUT2D eigenvalue weighted by molar-refractivity contribution is 7.99. The molecular formula is C22H26N2O3S. The topological polar surface area (TPSA) is 50.8 Å². The Labute approximate surface area is 170 Å². The lowest BCUT2D eigenvalue weighted by molar-refractivity contribution is 0.102. The summed E-state index contributed by atoms with van der Waals surface area (Å²) in [5, 5.41) is 3.03. The van der Waals surface area contributed by atoms with Crippen LogP contribution in [-0.4, -0.2) is 50.7 Å². The standard InChI is InChI=1S/C22H26N2O3S/c25-22(20-5-1-2-6-21(20)28-16-19-4-3-13-27-19)23-17-7-9-18(10-8-17)24-11-14-26-15-12-24/h1-2,5-10,19H,3-4,11-16H2,(H,23,25)/t19-/m1/s1. The van der Waals surface area contributed by atoms with Crippen molar-refractivity contribution in [1.82, 2.24) is 0 Å². The van der Waals surface area contributed by atoms with Crippen molar-refractivity contribution in [2.24, 2.45) is 0 Å². The number of carbonyl (C=O) groups is 1. The van der Waals surface area contributed by atoms with E-state index in [1.165, 1.54) is 0 Å². The van der Waals surface area contributed by atoms with Crippen LogP contribution < -0.4 is 10.2 Å². The molecule has 148 valence electrons. The zero-order chi connectivity index (χ0) is 19.2. The van der Waals surface area contributed by atoms with E-state index in [0.717, 1.165) is 67.8 Å². The van der Waals surface area contributed by atoms with Gasteiger partial charge >= 0.3 is 0 Å². The van der Waals surface area contributed by atoms with Crippen LogP contribution in [0.15, 0.2) is 53.4 Å². The van der Waals surface area contributed by atoms with Gasteiger partial charge in [-0.15, -0.1) is 11.8 Å². The first kappa shape index (κ1) is 19.3. The predicted octanol–water partition coefficient (Wildman–Crippen LogP) is 4.05. The average Bonchev–Trinajstić information content (AvgIpc) is 3.27. The van der Waals surface area contributed by atoms with Gasteiger partial charge in [0.2, 0.25) is 0 Å². The van der Waals surface area contributed by atoms with E-state index in [1.54, 1.807) is 11.8 Å². The summed E-state index contributed by atoms with van der Waals surface area (Å²) in [5.41, 5.74) is 2.68. The fourth-order valence-corrected chi connectivity index (χ4v) is 4.63. The van der Waals surface area contributed by atoms with E-state index in [4.69, 9.17) is 9.47 Å². The number of amides is 1. The Morgan fingerprint density at radius 3 is 2.61 bits per heavy atom. The number of nitrogens with zero attached hydrogens (tertiary/aromatic N) is 1. The number of ether oxygens (including phenoxy) is 2. The summed E-state index contributed by atoms with van der Waals surface area (Å²) in [4.78, 5) is 16.1. The zero-order valence-corrected chi connectivity index (χ0v) is 16.7. The first-order valence-electron chi connectivity index (χ1n) is 9.87. The summed E-state index contributed by atoms with van der Waals surface area (Å²) in [6, 6.07) is 15.8. The Hall–Kier alpha value is -2.02. The number of carbonyl (C=O) groups excluding carboxylic acids is 1. The fourth-order valence-electron chi connectivity index (χ4n) is 3.51. The van der Waals surface area contributed by atoms with Crippen molar-refractivity contribution in [1.29, 1.82) is 0 Å². The molecule has 0 saturated carbocycles. The third-order valence-electron chi connectivity index (χ3n) is 5.08. The molecule has 28 heavy (non-hydrogen) atoms. The van der Waals surface area contributed by atoms with E-state index in [2.05, 4.69) is 22.3 Å². The lowest BCUT2D eigenvalue weighted by atomic mass is 10.2. The number of morpholine rings is 1. The number of hydrogen-bond donors (Lipinski definition) is 1. The van der Waals surface area contributed by atoms with Crippen LogP contribution in [-0.2, 0) is 9.47 Å². The molecule has 6 heteroatoms. The van der Waals surface area contributed by atoms with Crippen molar-refractivity contribution in [3.05, 3.63) is 54.1 Å². The first-order chi connectivity index (χ1) is 13.8. The van der Waals surface area contributed by atoms with Crippen molar-refractivity contribution in [2.45, 2.75) is 23.8 Å². The molecule has 0 radical (unpaired) electrons. The smallest absolute Gasteiger partial charge is 0.256 e. The number of rotatable bonds is 6. The van der Waals surface area contributed by atoms with Crippen LogP contribution in [0.5, 0.6) is 0 Å². The maximum atomic E-state index is 12.8. The van der Waals surface area contributed by atoms with Gasteiger partial charge in [-0.1, -0.05) is 12.1 Å². The Bertz CT molecular complexity index is 785. The summed E-state index contributed by atoms with van der Waals surface area (Å²) in [7, 11) is 0. The van der Waals surface area contributed by atoms with E-state index in [1.807, 2.05) is 36.4 Å². The molecule has 0 spiro atoms. The van der Waals surface area contributed by atoms with Crippen LogP contribution in [0.4, 0.5) is 11.4 Å². The van der Waals surface area contributed by atoms with Gasteiger partial charge in [0.15, 0.2) is 0 Å². The lowest BCUT2D eigenvalue weighted by Gasteiger charge is -2.28. The lowest BCUT2D eigenvalue weighted by Crippen LogP contribution is -2.36.